The molecule has 0 amide bonds. The van der Waals surface area contributed by atoms with Gasteiger partial charge >= 0.3 is 11.9 Å². The Kier molecular flexibility index (Phi) is 6.18. The number of carboxylic acid groups (broad SMARTS) is 2. The second-order valence-corrected chi connectivity index (χ2v) is 4.76. The van der Waals surface area contributed by atoms with Crippen LogP contribution in [0.25, 0.3) is 0 Å². The number of aromatic carboxylic acids is 1. The highest BCUT2D eigenvalue weighted by Gasteiger charge is 2.29. The molecule has 1 aromatic rings. The van der Waals surface area contributed by atoms with Gasteiger partial charge in [-0.15, -0.1) is 0 Å². The predicted molar refractivity (Wildman–Crippen MR) is 61.3 cm³/mol. The molecule has 4 nitrogen and oxygen atoms in total. The fraction of sp³-hybridized carbons (Fsp3) is 0.111. The number of halogens is 3. The monoisotopic (exact) mass is 284 g/mol. The third-order valence-electron chi connectivity index (χ3n) is 1.26. The Morgan fingerprint density at radius 1 is 1.00 bits per heavy atom. The van der Waals surface area contributed by atoms with Crippen LogP contribution >= 0.6 is 34.8 Å². The SMILES string of the molecule is O=C(O)C(Cl)(Cl)Cl.O=C(O)c1ccccc1. The van der Waals surface area contributed by atoms with Crippen molar-refractivity contribution in [3.8, 4) is 0 Å². The van der Waals surface area contributed by atoms with E-state index in [4.69, 9.17) is 45.0 Å². The minimum atomic E-state index is -2.17. The number of aliphatic carboxylic acids is 1. The summed E-state index contributed by atoms with van der Waals surface area (Å²) >= 11 is 14.4. The molecule has 0 aliphatic rings. The summed E-state index contributed by atoms with van der Waals surface area (Å²) in [5.41, 5.74) is 0.331. The summed E-state index contributed by atoms with van der Waals surface area (Å²) in [7, 11) is 0. The van der Waals surface area contributed by atoms with Gasteiger partial charge in [-0.2, -0.15) is 0 Å². The van der Waals surface area contributed by atoms with Crippen LogP contribution in [-0.4, -0.2) is 25.9 Å². The molecule has 0 spiro atoms. The van der Waals surface area contributed by atoms with E-state index >= 15 is 0 Å². The largest absolute Gasteiger partial charge is 0.478 e. The van der Waals surface area contributed by atoms with Crippen LogP contribution in [0.5, 0.6) is 0 Å². The van der Waals surface area contributed by atoms with Crippen LogP contribution in [0.2, 0.25) is 0 Å². The molecule has 0 fully saturated rings. The Bertz CT molecular complexity index is 359. The van der Waals surface area contributed by atoms with Gasteiger partial charge < -0.3 is 10.2 Å². The summed E-state index contributed by atoms with van der Waals surface area (Å²) < 4.78 is -2.17. The van der Waals surface area contributed by atoms with Crippen molar-refractivity contribution in [1.29, 1.82) is 0 Å². The van der Waals surface area contributed by atoms with E-state index in [0.29, 0.717) is 5.56 Å². The van der Waals surface area contributed by atoms with Crippen molar-refractivity contribution in [2.45, 2.75) is 3.79 Å². The van der Waals surface area contributed by atoms with Gasteiger partial charge in [-0.05, 0) is 12.1 Å². The third-order valence-corrected chi connectivity index (χ3v) is 1.75. The maximum Gasteiger partial charge on any atom is 0.356 e. The minimum absolute atomic E-state index is 0.331. The van der Waals surface area contributed by atoms with Crippen LogP contribution in [-0.2, 0) is 4.79 Å². The quantitative estimate of drug-likeness (QED) is 0.778. The molecule has 0 saturated carbocycles. The Morgan fingerprint density at radius 3 is 1.56 bits per heavy atom. The average molecular weight is 286 g/mol. The molecular formula is C9H7Cl3O4. The molecule has 0 aromatic heterocycles. The van der Waals surface area contributed by atoms with Gasteiger partial charge in [-0.25, -0.2) is 9.59 Å². The predicted octanol–water partition coefficient (Wildman–Crippen LogP) is 2.83. The molecular weight excluding hydrogens is 278 g/mol. The van der Waals surface area contributed by atoms with E-state index in [1.165, 1.54) is 0 Å². The smallest absolute Gasteiger partial charge is 0.356 e. The first-order valence-electron chi connectivity index (χ1n) is 3.83. The number of hydrogen-bond donors (Lipinski definition) is 2. The Morgan fingerprint density at radius 2 is 1.38 bits per heavy atom. The molecule has 0 atom stereocenters. The van der Waals surface area contributed by atoms with Crippen molar-refractivity contribution in [1.82, 2.24) is 0 Å². The molecule has 1 rings (SSSR count). The fourth-order valence-corrected chi connectivity index (χ4v) is 0.581. The highest BCUT2D eigenvalue weighted by atomic mass is 35.6. The van der Waals surface area contributed by atoms with E-state index in [2.05, 4.69) is 0 Å². The van der Waals surface area contributed by atoms with Crippen LogP contribution in [0.1, 0.15) is 10.4 Å². The standard InChI is InChI=1S/C7H6O2.C2HCl3O2/c8-7(9)6-4-2-1-3-5-6;3-2(4,5)1(6)7/h1-5H,(H,8,9);(H,6,7). The van der Waals surface area contributed by atoms with Crippen molar-refractivity contribution >= 4 is 46.7 Å². The zero-order chi connectivity index (χ0) is 12.8. The summed E-state index contributed by atoms with van der Waals surface area (Å²) in [6.07, 6.45) is 0. The van der Waals surface area contributed by atoms with Gasteiger partial charge in [0.25, 0.3) is 3.79 Å². The van der Waals surface area contributed by atoms with E-state index < -0.39 is 15.7 Å². The fourth-order valence-electron chi connectivity index (χ4n) is 0.581. The molecule has 0 aliphatic carbocycles. The molecule has 0 radical (unpaired) electrons. The molecule has 0 unspecified atom stereocenters. The summed E-state index contributed by atoms with van der Waals surface area (Å²) in [4.78, 5) is 19.8. The van der Waals surface area contributed by atoms with Crippen LogP contribution in [0.4, 0.5) is 0 Å². The lowest BCUT2D eigenvalue weighted by molar-refractivity contribution is -0.135. The van der Waals surface area contributed by atoms with Crippen molar-refractivity contribution in [3.05, 3.63) is 35.9 Å². The molecule has 0 heterocycles. The number of rotatable bonds is 1. The highest BCUT2D eigenvalue weighted by molar-refractivity contribution is 6.75. The second kappa shape index (κ2) is 6.58. The number of benzene rings is 1. The molecule has 88 valence electrons. The van der Waals surface area contributed by atoms with Crippen LogP contribution in [0.3, 0.4) is 0 Å². The summed E-state index contributed by atoms with van der Waals surface area (Å²) in [6.45, 7) is 0. The van der Waals surface area contributed by atoms with Gasteiger partial charge in [0.2, 0.25) is 0 Å². The lowest BCUT2D eigenvalue weighted by Gasteiger charge is -1.99. The lowest BCUT2D eigenvalue weighted by Crippen LogP contribution is -2.16. The van der Waals surface area contributed by atoms with E-state index in [9.17, 15) is 9.59 Å². The van der Waals surface area contributed by atoms with Gasteiger partial charge in [0, 0.05) is 0 Å². The molecule has 16 heavy (non-hydrogen) atoms. The first-order chi connectivity index (χ1) is 7.25. The molecule has 7 heteroatoms. The summed E-state index contributed by atoms with van der Waals surface area (Å²) in [6, 6.07) is 8.30. The van der Waals surface area contributed by atoms with Crippen LogP contribution in [0.15, 0.2) is 30.3 Å². The number of alkyl halides is 3. The molecule has 1 aromatic carbocycles. The van der Waals surface area contributed by atoms with E-state index in [1.54, 1.807) is 30.3 Å². The molecule has 0 bridgehead atoms. The van der Waals surface area contributed by atoms with Gasteiger partial charge in [0.1, 0.15) is 0 Å². The Hall–Kier alpha value is -0.970. The van der Waals surface area contributed by atoms with Gasteiger partial charge in [-0.1, -0.05) is 53.0 Å². The minimum Gasteiger partial charge on any atom is -0.478 e. The normalized spacial score (nSPS) is 9.94. The number of carboxylic acids is 2. The van der Waals surface area contributed by atoms with E-state index in [-0.39, 0.29) is 0 Å². The van der Waals surface area contributed by atoms with Crippen molar-refractivity contribution in [3.63, 3.8) is 0 Å². The van der Waals surface area contributed by atoms with Crippen LogP contribution in [0, 0.1) is 0 Å². The van der Waals surface area contributed by atoms with E-state index in [0.717, 1.165) is 0 Å². The summed E-state index contributed by atoms with van der Waals surface area (Å²) in [5.74, 6) is -2.34. The second-order valence-electron chi connectivity index (χ2n) is 2.47. The average Bonchev–Trinajstić information content (AvgIpc) is 2.18. The first-order valence-corrected chi connectivity index (χ1v) is 4.97. The summed E-state index contributed by atoms with van der Waals surface area (Å²) in [5, 5.41) is 16.2. The molecule has 0 aliphatic heterocycles. The van der Waals surface area contributed by atoms with E-state index in [1.807, 2.05) is 0 Å². The molecule has 0 saturated heterocycles. The number of carbonyl (C=O) groups is 2. The van der Waals surface area contributed by atoms with Crippen molar-refractivity contribution in [2.24, 2.45) is 0 Å². The number of hydrogen-bond acceptors (Lipinski definition) is 2. The van der Waals surface area contributed by atoms with Gasteiger partial charge in [0.15, 0.2) is 0 Å². The third kappa shape index (κ3) is 6.50. The maximum atomic E-state index is 10.2. The Balaban J connectivity index is 0.000000293. The molecule has 2 N–H and O–H groups in total. The lowest BCUT2D eigenvalue weighted by atomic mass is 10.2. The first kappa shape index (κ1) is 15.0. The Labute approximate surface area is 106 Å². The van der Waals surface area contributed by atoms with Crippen molar-refractivity contribution < 1.29 is 19.8 Å². The van der Waals surface area contributed by atoms with Gasteiger partial charge in [0.05, 0.1) is 5.56 Å². The topological polar surface area (TPSA) is 74.6 Å². The van der Waals surface area contributed by atoms with Crippen molar-refractivity contribution in [2.75, 3.05) is 0 Å². The van der Waals surface area contributed by atoms with Crippen LogP contribution < -0.4 is 0 Å². The zero-order valence-corrected chi connectivity index (χ0v) is 10.00. The maximum absolute atomic E-state index is 10.2. The highest BCUT2D eigenvalue weighted by Crippen LogP contribution is 2.25. The zero-order valence-electron chi connectivity index (χ0n) is 7.73. The van der Waals surface area contributed by atoms with Gasteiger partial charge in [-0.3, -0.25) is 0 Å².